The van der Waals surface area contributed by atoms with Crippen LogP contribution in [-0.2, 0) is 0 Å². The molecule has 0 atom stereocenters. The number of hydrogen-bond acceptors (Lipinski definition) is 4. The number of benzene rings is 3. The van der Waals surface area contributed by atoms with Gasteiger partial charge in [-0.15, -0.1) is 0 Å². The van der Waals surface area contributed by atoms with Gasteiger partial charge in [-0.2, -0.15) is 0 Å². The third-order valence-corrected chi connectivity index (χ3v) is 7.82. The molecule has 0 saturated heterocycles. The molecule has 1 aliphatic rings. The van der Waals surface area contributed by atoms with Crippen LogP contribution in [0.1, 0.15) is 0 Å². The Kier molecular flexibility index (Phi) is 3.27. The molecule has 25 heavy (non-hydrogen) atoms. The molecule has 1 aliphatic heterocycles. The van der Waals surface area contributed by atoms with Crippen molar-refractivity contribution in [3.63, 3.8) is 0 Å². The monoisotopic (exact) mass is 356 g/mol. The second-order valence-corrected chi connectivity index (χ2v) is 9.05. The Hall–Kier alpha value is -2.98. The molecule has 126 valence electrons. The molecule has 0 amide bonds. The van der Waals surface area contributed by atoms with Crippen LogP contribution in [0, 0.1) is 10.1 Å². The first kappa shape index (κ1) is 15.5. The Morgan fingerprint density at radius 1 is 0.920 bits per heavy atom. The van der Waals surface area contributed by atoms with Crippen LogP contribution in [0.2, 0.25) is 0 Å². The van der Waals surface area contributed by atoms with Gasteiger partial charge in [-0.25, -0.2) is 0 Å². The van der Waals surface area contributed by atoms with Crippen molar-refractivity contribution in [3.8, 4) is 5.75 Å². The maximum atomic E-state index is 16.9. The van der Waals surface area contributed by atoms with Crippen molar-refractivity contribution in [2.75, 3.05) is 5.09 Å². The molecule has 1 N–H and O–H groups in total. The summed E-state index contributed by atoms with van der Waals surface area (Å²) in [4.78, 5) is 10.5. The molecule has 0 spiro atoms. The number of anilines is 1. The normalized spacial score (nSPS) is 18.0. The van der Waals surface area contributed by atoms with E-state index in [-0.39, 0.29) is 17.1 Å². The minimum absolute atomic E-state index is 0.122. The topological polar surface area (TPSA) is 64.4 Å². The van der Waals surface area contributed by atoms with Crippen LogP contribution in [0.25, 0.3) is 0 Å². The summed E-state index contributed by atoms with van der Waals surface area (Å²) < 4.78 is 22.8. The fourth-order valence-corrected chi connectivity index (χ4v) is 6.35. The summed E-state index contributed by atoms with van der Waals surface area (Å²) >= 11 is 0. The van der Waals surface area contributed by atoms with E-state index in [2.05, 4.69) is 5.09 Å². The third kappa shape index (κ3) is 2.26. The van der Waals surface area contributed by atoms with E-state index < -0.39 is 12.2 Å². The molecule has 0 fully saturated rings. The zero-order valence-electron chi connectivity index (χ0n) is 13.0. The van der Waals surface area contributed by atoms with Gasteiger partial charge < -0.3 is 0 Å². The zero-order valence-corrected chi connectivity index (χ0v) is 13.9. The molecule has 0 aliphatic carbocycles. The Bertz CT molecular complexity index is 927. The number of nitro benzene ring substituents is 1. The summed E-state index contributed by atoms with van der Waals surface area (Å²) in [6, 6.07) is 21.2. The second-order valence-electron chi connectivity index (χ2n) is 5.74. The van der Waals surface area contributed by atoms with Gasteiger partial charge in [0, 0.05) is 0 Å². The molecule has 0 bridgehead atoms. The fraction of sp³-hybridized carbons (Fsp3) is 0. The van der Waals surface area contributed by atoms with Gasteiger partial charge in [-0.3, -0.25) is 0 Å². The summed E-state index contributed by atoms with van der Waals surface area (Å²) in [5.74, 6) is 0.262. The average Bonchev–Trinajstić information content (AvgIpc) is 2.98. The summed E-state index contributed by atoms with van der Waals surface area (Å²) in [6.07, 6.45) is 0. The van der Waals surface area contributed by atoms with E-state index >= 15 is 4.20 Å². The van der Waals surface area contributed by atoms with E-state index in [9.17, 15) is 10.1 Å². The minimum atomic E-state index is -4.72. The Morgan fingerprint density at radius 2 is 1.48 bits per heavy atom. The van der Waals surface area contributed by atoms with Gasteiger partial charge in [0.05, 0.1) is 0 Å². The number of hydrogen-bond donors (Lipinski definition) is 1. The summed E-state index contributed by atoms with van der Waals surface area (Å²) in [6.45, 7) is 0. The Balaban J connectivity index is 1.95. The number of nitrogens with zero attached hydrogens (tertiary/aromatic N) is 1. The predicted octanol–water partition coefficient (Wildman–Crippen LogP) is 4.32. The average molecular weight is 356 g/mol. The van der Waals surface area contributed by atoms with E-state index in [1.54, 1.807) is 60.7 Å². The summed E-state index contributed by atoms with van der Waals surface area (Å²) in [7, 11) is -4.72. The first-order valence-electron chi connectivity index (χ1n) is 7.62. The number of non-ortho nitro benzene ring substituents is 1. The van der Waals surface area contributed by atoms with Crippen molar-refractivity contribution in [1.82, 2.24) is 0 Å². The maximum absolute atomic E-state index is 16.9. The molecule has 0 aromatic heterocycles. The second kappa shape index (κ2) is 5.26. The quantitative estimate of drug-likeness (QED) is 0.431. The van der Waals surface area contributed by atoms with Crippen molar-refractivity contribution in [3.05, 3.63) is 89.0 Å². The SMILES string of the molecule is O=[N+]([O-])c1ccc2c(c1)NP(F)(c1ccccc1)(c1ccccc1)O2. The van der Waals surface area contributed by atoms with Gasteiger partial charge in [-0.05, 0) is 0 Å². The molecular formula is C18H14FN2O3P. The van der Waals surface area contributed by atoms with Crippen LogP contribution < -0.4 is 20.2 Å². The molecule has 3 aromatic carbocycles. The first-order valence-corrected chi connectivity index (χ1v) is 9.67. The standard InChI is InChI=1S/C18H14FN2O3P/c19-25(15-7-3-1-4-8-15,16-9-5-2-6-10-16)20-17-13-14(21(22)23)11-12-18(17)24-25/h1-13,20H. The van der Waals surface area contributed by atoms with Crippen LogP contribution in [0.5, 0.6) is 5.75 Å². The van der Waals surface area contributed by atoms with Crippen molar-refractivity contribution in [2.24, 2.45) is 0 Å². The molecule has 0 unspecified atom stereocenters. The summed E-state index contributed by atoms with van der Waals surface area (Å²) in [5.41, 5.74) is 0.157. The van der Waals surface area contributed by atoms with Crippen molar-refractivity contribution in [2.45, 2.75) is 0 Å². The fourth-order valence-electron chi connectivity index (χ4n) is 2.99. The van der Waals surface area contributed by atoms with Crippen molar-refractivity contribution in [1.29, 1.82) is 0 Å². The molecule has 5 nitrogen and oxygen atoms in total. The predicted molar refractivity (Wildman–Crippen MR) is 97.5 cm³/mol. The summed E-state index contributed by atoms with van der Waals surface area (Å²) in [5, 5.41) is 14.7. The number of halogens is 1. The molecule has 7 heteroatoms. The molecule has 0 radical (unpaired) electrons. The van der Waals surface area contributed by atoms with E-state index in [4.69, 9.17) is 4.52 Å². The Morgan fingerprint density at radius 3 is 2.00 bits per heavy atom. The molecule has 3 aromatic rings. The van der Waals surface area contributed by atoms with Gasteiger partial charge in [0.1, 0.15) is 0 Å². The van der Waals surface area contributed by atoms with Gasteiger partial charge in [0.2, 0.25) is 0 Å². The number of rotatable bonds is 3. The van der Waals surface area contributed by atoms with Crippen LogP contribution in [-0.4, -0.2) is 4.92 Å². The molecule has 4 rings (SSSR count). The van der Waals surface area contributed by atoms with Crippen LogP contribution in [0.15, 0.2) is 78.9 Å². The molecule has 1 heterocycles. The van der Waals surface area contributed by atoms with Gasteiger partial charge >= 0.3 is 143 Å². The van der Waals surface area contributed by atoms with E-state index in [1.165, 1.54) is 18.2 Å². The zero-order chi connectivity index (χ0) is 17.5. The van der Waals surface area contributed by atoms with Crippen molar-refractivity contribution >= 4 is 29.3 Å². The third-order valence-electron chi connectivity index (χ3n) is 4.20. The molecular weight excluding hydrogens is 342 g/mol. The number of nitro groups is 1. The van der Waals surface area contributed by atoms with Crippen LogP contribution in [0.4, 0.5) is 15.6 Å². The molecule has 0 saturated carbocycles. The number of fused-ring (bicyclic) bond motifs is 1. The van der Waals surface area contributed by atoms with E-state index in [0.717, 1.165) is 0 Å². The van der Waals surface area contributed by atoms with Gasteiger partial charge in [0.25, 0.3) is 0 Å². The van der Waals surface area contributed by atoms with Crippen LogP contribution >= 0.6 is 7.29 Å². The van der Waals surface area contributed by atoms with Gasteiger partial charge in [0.15, 0.2) is 0 Å². The Labute approximate surface area is 143 Å². The number of nitrogens with one attached hydrogen (secondary N) is 1. The van der Waals surface area contributed by atoms with Gasteiger partial charge in [-0.1, -0.05) is 0 Å². The van der Waals surface area contributed by atoms with E-state index in [1.807, 2.05) is 0 Å². The van der Waals surface area contributed by atoms with Crippen molar-refractivity contribution < 1.29 is 13.6 Å². The van der Waals surface area contributed by atoms with E-state index in [0.29, 0.717) is 10.6 Å². The first-order chi connectivity index (χ1) is 12.0. The van der Waals surface area contributed by atoms with Crippen LogP contribution in [0.3, 0.4) is 0 Å².